The molecule has 7 nitrogen and oxygen atoms in total. The zero-order valence-electron chi connectivity index (χ0n) is 15.1. The van der Waals surface area contributed by atoms with Gasteiger partial charge < -0.3 is 30.0 Å². The summed E-state index contributed by atoms with van der Waals surface area (Å²) >= 11 is 0. The van der Waals surface area contributed by atoms with E-state index in [1.165, 1.54) is 0 Å². The number of halogens is 1. The van der Waals surface area contributed by atoms with Crippen LogP contribution >= 0.6 is 12.4 Å². The predicted molar refractivity (Wildman–Crippen MR) is 104 cm³/mol. The summed E-state index contributed by atoms with van der Waals surface area (Å²) in [6, 6.07) is 9.04. The van der Waals surface area contributed by atoms with Crippen LogP contribution in [-0.2, 0) is 0 Å². The van der Waals surface area contributed by atoms with Crippen molar-refractivity contribution in [2.45, 2.75) is 19.1 Å². The molecule has 2 aromatic rings. The van der Waals surface area contributed by atoms with E-state index in [1.54, 1.807) is 12.1 Å². The van der Waals surface area contributed by atoms with Gasteiger partial charge in [-0.15, -0.1) is 12.4 Å². The molecule has 0 aromatic heterocycles. The van der Waals surface area contributed by atoms with Gasteiger partial charge in [-0.05, 0) is 55.8 Å². The third kappa shape index (κ3) is 3.21. The van der Waals surface area contributed by atoms with Gasteiger partial charge in [0.15, 0.2) is 23.0 Å². The molecule has 3 aliphatic heterocycles. The number of nitrogens with one attached hydrogen (secondary N) is 1. The van der Waals surface area contributed by atoms with E-state index in [0.717, 1.165) is 37.1 Å². The van der Waals surface area contributed by atoms with Crippen molar-refractivity contribution in [3.63, 3.8) is 0 Å². The van der Waals surface area contributed by atoms with E-state index >= 15 is 0 Å². The summed E-state index contributed by atoms with van der Waals surface area (Å²) in [4.78, 5) is 11.8. The van der Waals surface area contributed by atoms with E-state index in [9.17, 15) is 4.79 Å². The van der Waals surface area contributed by atoms with Gasteiger partial charge in [-0.25, -0.2) is 0 Å². The summed E-state index contributed by atoms with van der Waals surface area (Å²) in [6.45, 7) is 2.10. The van der Waals surface area contributed by atoms with Crippen LogP contribution in [0, 0.1) is 5.92 Å². The first kappa shape index (κ1) is 18.7. The lowest BCUT2D eigenvalue weighted by atomic mass is 9.97. The maximum absolute atomic E-state index is 11.8. The minimum atomic E-state index is -0.506. The number of amides is 1. The maximum Gasteiger partial charge on any atom is 0.248 e. The molecule has 0 spiro atoms. The van der Waals surface area contributed by atoms with Crippen LogP contribution in [0.1, 0.15) is 23.2 Å². The quantitative estimate of drug-likeness (QED) is 0.817. The van der Waals surface area contributed by atoms with Crippen molar-refractivity contribution in [1.82, 2.24) is 5.32 Å². The molecule has 3 N–H and O–H groups in total. The lowest BCUT2D eigenvalue weighted by Crippen LogP contribution is -2.37. The Kier molecular flexibility index (Phi) is 4.95. The molecule has 1 amide bonds. The van der Waals surface area contributed by atoms with Crippen molar-refractivity contribution in [2.75, 3.05) is 19.9 Å². The number of primary amides is 1. The zero-order chi connectivity index (χ0) is 18.4. The van der Waals surface area contributed by atoms with E-state index in [2.05, 4.69) is 5.32 Å². The molecule has 1 unspecified atom stereocenters. The Morgan fingerprint density at radius 1 is 1.00 bits per heavy atom. The van der Waals surface area contributed by atoms with Crippen molar-refractivity contribution >= 4 is 18.3 Å². The Morgan fingerprint density at radius 2 is 1.79 bits per heavy atom. The molecule has 3 aliphatic rings. The largest absolute Gasteiger partial charge is 0.454 e. The Morgan fingerprint density at radius 3 is 2.57 bits per heavy atom. The number of rotatable bonds is 3. The second-order valence-electron chi connectivity index (χ2n) is 6.97. The van der Waals surface area contributed by atoms with Gasteiger partial charge >= 0.3 is 0 Å². The number of carbonyl (C=O) groups excluding carboxylic acids is 1. The first-order chi connectivity index (χ1) is 13.2. The SMILES string of the molecule is Cl.NC(=O)c1cc2c(c(-c3ccc4c(c3)OCO4)c1)OC(C1CCNCC1)O2. The van der Waals surface area contributed by atoms with Crippen molar-refractivity contribution in [1.29, 1.82) is 0 Å². The standard InChI is InChI=1S/C20H20N2O5.ClH/c21-19(23)13-7-14(12-1-2-15-16(8-12)25-10-24-15)18-17(9-13)26-20(27-18)11-3-5-22-6-4-11;/h1-2,7-9,11,20,22H,3-6,10H2,(H2,21,23);1H. The van der Waals surface area contributed by atoms with Gasteiger partial charge in [-0.2, -0.15) is 0 Å². The molecule has 2 aromatic carbocycles. The Hall–Kier alpha value is -2.64. The smallest absolute Gasteiger partial charge is 0.248 e. The van der Waals surface area contributed by atoms with Crippen molar-refractivity contribution in [2.24, 2.45) is 11.7 Å². The normalized spacial score (nSPS) is 19.9. The highest BCUT2D eigenvalue weighted by Crippen LogP contribution is 2.47. The van der Waals surface area contributed by atoms with Gasteiger partial charge in [0, 0.05) is 17.0 Å². The highest BCUT2D eigenvalue weighted by atomic mass is 35.5. The number of hydrogen-bond acceptors (Lipinski definition) is 6. The minimum absolute atomic E-state index is 0. The van der Waals surface area contributed by atoms with Crippen LogP contribution in [0.3, 0.4) is 0 Å². The molecule has 0 aliphatic carbocycles. The summed E-state index contributed by atoms with van der Waals surface area (Å²) in [5.41, 5.74) is 7.53. The first-order valence-electron chi connectivity index (χ1n) is 9.11. The second-order valence-corrected chi connectivity index (χ2v) is 6.97. The predicted octanol–water partition coefficient (Wildman–Crippen LogP) is 2.70. The zero-order valence-corrected chi connectivity index (χ0v) is 15.9. The second kappa shape index (κ2) is 7.41. The fourth-order valence-corrected chi connectivity index (χ4v) is 3.81. The van der Waals surface area contributed by atoms with Crippen LogP contribution in [-0.4, -0.2) is 32.1 Å². The van der Waals surface area contributed by atoms with Crippen LogP contribution in [0.5, 0.6) is 23.0 Å². The van der Waals surface area contributed by atoms with E-state index in [-0.39, 0.29) is 25.5 Å². The van der Waals surface area contributed by atoms with Gasteiger partial charge in [0.2, 0.25) is 19.0 Å². The molecule has 28 heavy (non-hydrogen) atoms. The average molecular weight is 405 g/mol. The third-order valence-electron chi connectivity index (χ3n) is 5.27. The van der Waals surface area contributed by atoms with E-state index < -0.39 is 5.91 Å². The van der Waals surface area contributed by atoms with Crippen LogP contribution in [0.15, 0.2) is 30.3 Å². The summed E-state index contributed by atoms with van der Waals surface area (Å²) in [5, 5.41) is 3.35. The number of fused-ring (bicyclic) bond motifs is 2. The lowest BCUT2D eigenvalue weighted by Gasteiger charge is -2.26. The molecule has 1 atom stereocenters. The van der Waals surface area contributed by atoms with Crippen LogP contribution in [0.2, 0.25) is 0 Å². The van der Waals surface area contributed by atoms with Gasteiger partial charge in [-0.1, -0.05) is 6.07 Å². The van der Waals surface area contributed by atoms with Crippen molar-refractivity contribution in [3.05, 3.63) is 35.9 Å². The van der Waals surface area contributed by atoms with Crippen LogP contribution in [0.25, 0.3) is 11.1 Å². The summed E-state index contributed by atoms with van der Waals surface area (Å²) in [7, 11) is 0. The highest BCUT2D eigenvalue weighted by molar-refractivity contribution is 5.96. The first-order valence-corrected chi connectivity index (χ1v) is 9.11. The van der Waals surface area contributed by atoms with Crippen LogP contribution in [0.4, 0.5) is 0 Å². The molecule has 1 fully saturated rings. The lowest BCUT2D eigenvalue weighted by molar-refractivity contribution is -0.0147. The number of hydrogen-bond donors (Lipinski definition) is 2. The molecule has 0 radical (unpaired) electrons. The van der Waals surface area contributed by atoms with Crippen LogP contribution < -0.4 is 30.0 Å². The molecule has 0 bridgehead atoms. The monoisotopic (exact) mass is 404 g/mol. The Balaban J connectivity index is 0.00000192. The molecule has 3 heterocycles. The molecular weight excluding hydrogens is 384 g/mol. The molecule has 0 saturated carbocycles. The topological polar surface area (TPSA) is 92.0 Å². The number of carbonyl (C=O) groups is 1. The summed E-state index contributed by atoms with van der Waals surface area (Å²) in [5.74, 6) is 2.37. The number of benzene rings is 2. The van der Waals surface area contributed by atoms with E-state index in [0.29, 0.717) is 34.5 Å². The van der Waals surface area contributed by atoms with Gasteiger partial charge in [0.25, 0.3) is 0 Å². The Labute approximate surface area is 168 Å². The number of nitrogens with two attached hydrogens (primary N) is 1. The number of ether oxygens (including phenoxy) is 4. The van der Waals surface area contributed by atoms with Crippen molar-refractivity contribution in [3.8, 4) is 34.1 Å². The summed E-state index contributed by atoms with van der Waals surface area (Å²) < 4.78 is 23.2. The summed E-state index contributed by atoms with van der Waals surface area (Å²) in [6.07, 6.45) is 1.62. The molecule has 5 rings (SSSR count). The maximum atomic E-state index is 11.8. The minimum Gasteiger partial charge on any atom is -0.454 e. The van der Waals surface area contributed by atoms with Crippen molar-refractivity contribution < 1.29 is 23.7 Å². The van der Waals surface area contributed by atoms with Gasteiger partial charge in [0.05, 0.1) is 0 Å². The number of piperidine rings is 1. The van der Waals surface area contributed by atoms with E-state index in [1.807, 2.05) is 18.2 Å². The molecule has 1 saturated heterocycles. The van der Waals surface area contributed by atoms with Gasteiger partial charge in [0.1, 0.15) is 0 Å². The molecule has 8 heteroatoms. The van der Waals surface area contributed by atoms with E-state index in [4.69, 9.17) is 24.7 Å². The average Bonchev–Trinajstić information content (AvgIpc) is 3.33. The van der Waals surface area contributed by atoms with Gasteiger partial charge in [-0.3, -0.25) is 4.79 Å². The molecular formula is C20H21ClN2O5. The fourth-order valence-electron chi connectivity index (χ4n) is 3.81. The molecule has 148 valence electrons. The highest BCUT2D eigenvalue weighted by Gasteiger charge is 2.35. The fraction of sp³-hybridized carbons (Fsp3) is 0.350. The third-order valence-corrected chi connectivity index (χ3v) is 5.27. The Bertz CT molecular complexity index is 914.